The predicted molar refractivity (Wildman–Crippen MR) is 68.7 cm³/mol. The van der Waals surface area contributed by atoms with Crippen molar-refractivity contribution in [2.75, 3.05) is 18.0 Å². The van der Waals surface area contributed by atoms with Crippen molar-refractivity contribution in [1.29, 1.82) is 0 Å². The van der Waals surface area contributed by atoms with Gasteiger partial charge < -0.3 is 4.90 Å². The van der Waals surface area contributed by atoms with E-state index in [0.29, 0.717) is 24.7 Å². The van der Waals surface area contributed by atoms with E-state index in [0.717, 1.165) is 25.0 Å². The number of alkyl halides is 3. The van der Waals surface area contributed by atoms with Crippen molar-refractivity contribution in [3.05, 3.63) is 33.9 Å². The standard InChI is InChI=1S/C13H15F3N2O2/c1-9-4-6-17(7-5-9)10-2-3-12(18(19)20)11(8-10)13(14,15)16/h2-3,8-9H,4-7H2,1H3. The van der Waals surface area contributed by atoms with Gasteiger partial charge in [-0.25, -0.2) is 0 Å². The van der Waals surface area contributed by atoms with Gasteiger partial charge >= 0.3 is 6.18 Å². The summed E-state index contributed by atoms with van der Waals surface area (Å²) in [6.07, 6.45) is -2.89. The fourth-order valence-corrected chi connectivity index (χ4v) is 2.37. The van der Waals surface area contributed by atoms with E-state index >= 15 is 0 Å². The number of hydrogen-bond donors (Lipinski definition) is 0. The highest BCUT2D eigenvalue weighted by molar-refractivity contribution is 5.56. The van der Waals surface area contributed by atoms with Crippen molar-refractivity contribution in [3.63, 3.8) is 0 Å². The Labute approximate surface area is 114 Å². The fraction of sp³-hybridized carbons (Fsp3) is 0.538. The highest BCUT2D eigenvalue weighted by Gasteiger charge is 2.38. The van der Waals surface area contributed by atoms with E-state index in [9.17, 15) is 23.3 Å². The maximum absolute atomic E-state index is 12.9. The molecule has 1 aromatic rings. The number of nitrogens with zero attached hydrogens (tertiary/aromatic N) is 2. The molecule has 0 aromatic heterocycles. The molecule has 1 aliphatic rings. The third-order valence-electron chi connectivity index (χ3n) is 3.63. The van der Waals surface area contributed by atoms with Gasteiger partial charge in [0.05, 0.1) is 4.92 Å². The van der Waals surface area contributed by atoms with Crippen LogP contribution < -0.4 is 4.90 Å². The minimum Gasteiger partial charge on any atom is -0.371 e. The molecule has 20 heavy (non-hydrogen) atoms. The van der Waals surface area contributed by atoms with Gasteiger partial charge in [-0.05, 0) is 30.9 Å². The van der Waals surface area contributed by atoms with E-state index in [-0.39, 0.29) is 0 Å². The van der Waals surface area contributed by atoms with Gasteiger partial charge in [-0.15, -0.1) is 0 Å². The SMILES string of the molecule is CC1CCN(c2ccc([N+](=O)[O-])c(C(F)(F)F)c2)CC1. The summed E-state index contributed by atoms with van der Waals surface area (Å²) in [5.41, 5.74) is -1.68. The molecular weight excluding hydrogens is 273 g/mol. The van der Waals surface area contributed by atoms with Crippen LogP contribution in [0.15, 0.2) is 18.2 Å². The smallest absolute Gasteiger partial charge is 0.371 e. The van der Waals surface area contributed by atoms with Gasteiger partial charge in [0.1, 0.15) is 5.56 Å². The van der Waals surface area contributed by atoms with Crippen molar-refractivity contribution in [1.82, 2.24) is 0 Å². The summed E-state index contributed by atoms with van der Waals surface area (Å²) in [7, 11) is 0. The van der Waals surface area contributed by atoms with Crippen molar-refractivity contribution < 1.29 is 18.1 Å². The van der Waals surface area contributed by atoms with Crippen molar-refractivity contribution in [3.8, 4) is 0 Å². The average molecular weight is 288 g/mol. The first-order valence-electron chi connectivity index (χ1n) is 6.39. The lowest BCUT2D eigenvalue weighted by Crippen LogP contribution is -2.32. The van der Waals surface area contributed by atoms with E-state index in [1.807, 2.05) is 4.90 Å². The summed E-state index contributed by atoms with van der Waals surface area (Å²) >= 11 is 0. The van der Waals surface area contributed by atoms with Gasteiger partial charge in [-0.3, -0.25) is 10.1 Å². The van der Waals surface area contributed by atoms with Crippen LogP contribution in [0.3, 0.4) is 0 Å². The first kappa shape index (κ1) is 14.6. The summed E-state index contributed by atoms with van der Waals surface area (Å²) < 4.78 is 38.7. The van der Waals surface area contributed by atoms with Gasteiger partial charge in [-0.2, -0.15) is 13.2 Å². The van der Waals surface area contributed by atoms with Crippen molar-refractivity contribution in [2.24, 2.45) is 5.92 Å². The van der Waals surface area contributed by atoms with Gasteiger partial charge in [-0.1, -0.05) is 6.92 Å². The highest BCUT2D eigenvalue weighted by Crippen LogP contribution is 2.38. The molecule has 0 saturated carbocycles. The summed E-state index contributed by atoms with van der Waals surface area (Å²) in [5, 5.41) is 10.7. The Hall–Kier alpha value is -1.79. The summed E-state index contributed by atoms with van der Waals surface area (Å²) in [6.45, 7) is 3.46. The highest BCUT2D eigenvalue weighted by atomic mass is 19.4. The maximum atomic E-state index is 12.9. The van der Waals surface area contributed by atoms with Gasteiger partial charge in [0.2, 0.25) is 0 Å². The van der Waals surface area contributed by atoms with Crippen LogP contribution in [0.4, 0.5) is 24.5 Å². The number of nitro benzene ring substituents is 1. The van der Waals surface area contributed by atoms with E-state index < -0.39 is 22.4 Å². The first-order chi connectivity index (χ1) is 9.29. The van der Waals surface area contributed by atoms with E-state index in [2.05, 4.69) is 6.92 Å². The van der Waals surface area contributed by atoms with Crippen molar-refractivity contribution >= 4 is 11.4 Å². The van der Waals surface area contributed by atoms with E-state index in [1.54, 1.807) is 0 Å². The lowest BCUT2D eigenvalue weighted by atomic mass is 9.98. The second-order valence-electron chi connectivity index (χ2n) is 5.13. The second kappa shape index (κ2) is 5.30. The number of anilines is 1. The molecule has 0 unspecified atom stereocenters. The predicted octanol–water partition coefficient (Wildman–Crippen LogP) is 3.85. The monoisotopic (exact) mass is 288 g/mol. The van der Waals surface area contributed by atoms with Crippen LogP contribution in [0.1, 0.15) is 25.3 Å². The van der Waals surface area contributed by atoms with Crippen molar-refractivity contribution in [2.45, 2.75) is 25.9 Å². The van der Waals surface area contributed by atoms with Crippen LogP contribution in [0, 0.1) is 16.0 Å². The Bertz CT molecular complexity index is 509. The van der Waals surface area contributed by atoms with Crippen LogP contribution in [0.2, 0.25) is 0 Å². The maximum Gasteiger partial charge on any atom is 0.423 e. The lowest BCUT2D eigenvalue weighted by Gasteiger charge is -2.32. The molecule has 0 amide bonds. The van der Waals surface area contributed by atoms with Crippen LogP contribution in [0.25, 0.3) is 0 Å². The molecular formula is C13H15F3N2O2. The van der Waals surface area contributed by atoms with Gasteiger partial charge in [0.25, 0.3) is 5.69 Å². The molecule has 1 aliphatic heterocycles. The topological polar surface area (TPSA) is 46.4 Å². The Morgan fingerprint density at radius 1 is 1.30 bits per heavy atom. The number of benzene rings is 1. The minimum atomic E-state index is -4.72. The Balaban J connectivity index is 2.35. The number of rotatable bonds is 2. The molecule has 0 atom stereocenters. The molecule has 1 fully saturated rings. The van der Waals surface area contributed by atoms with Crippen LogP contribution in [0.5, 0.6) is 0 Å². The quantitative estimate of drug-likeness (QED) is 0.613. The molecule has 0 radical (unpaired) electrons. The fourth-order valence-electron chi connectivity index (χ4n) is 2.37. The van der Waals surface area contributed by atoms with E-state index in [4.69, 9.17) is 0 Å². The molecule has 0 spiro atoms. The normalized spacial score (nSPS) is 17.3. The van der Waals surface area contributed by atoms with E-state index in [1.165, 1.54) is 6.07 Å². The average Bonchev–Trinajstić information content (AvgIpc) is 2.38. The molecule has 0 N–H and O–H groups in total. The number of piperidine rings is 1. The van der Waals surface area contributed by atoms with Crippen LogP contribution in [-0.2, 0) is 6.18 Å². The number of hydrogen-bond acceptors (Lipinski definition) is 3. The summed E-state index contributed by atoms with van der Waals surface area (Å²) in [5.74, 6) is 0.561. The molecule has 7 heteroatoms. The number of nitro groups is 1. The summed E-state index contributed by atoms with van der Waals surface area (Å²) in [6, 6.07) is 3.22. The molecule has 2 rings (SSSR count). The third kappa shape index (κ3) is 3.02. The Morgan fingerprint density at radius 2 is 1.90 bits per heavy atom. The molecule has 0 bridgehead atoms. The molecule has 0 aliphatic carbocycles. The number of halogens is 3. The zero-order chi connectivity index (χ0) is 14.9. The largest absolute Gasteiger partial charge is 0.423 e. The molecule has 1 saturated heterocycles. The second-order valence-corrected chi connectivity index (χ2v) is 5.13. The molecule has 1 aromatic carbocycles. The van der Waals surface area contributed by atoms with Crippen LogP contribution in [-0.4, -0.2) is 18.0 Å². The van der Waals surface area contributed by atoms with Gasteiger partial charge in [0, 0.05) is 24.8 Å². The van der Waals surface area contributed by atoms with Gasteiger partial charge in [0.15, 0.2) is 0 Å². The molecule has 4 nitrogen and oxygen atoms in total. The zero-order valence-corrected chi connectivity index (χ0v) is 11.0. The Morgan fingerprint density at radius 3 is 2.40 bits per heavy atom. The molecule has 1 heterocycles. The minimum absolute atomic E-state index is 0.398. The van der Waals surface area contributed by atoms with Crippen LogP contribution >= 0.6 is 0 Å². The first-order valence-corrected chi connectivity index (χ1v) is 6.39. The summed E-state index contributed by atoms with van der Waals surface area (Å²) in [4.78, 5) is 11.5. The third-order valence-corrected chi connectivity index (χ3v) is 3.63. The zero-order valence-electron chi connectivity index (χ0n) is 11.0. The lowest BCUT2D eigenvalue weighted by molar-refractivity contribution is -0.388. The molecule has 110 valence electrons. The Kier molecular flexibility index (Phi) is 3.87.